The second kappa shape index (κ2) is 13.0. The summed E-state index contributed by atoms with van der Waals surface area (Å²) in [6.07, 6.45) is 8.40. The summed E-state index contributed by atoms with van der Waals surface area (Å²) in [5, 5.41) is -0.918. The number of amides is 2. The molecule has 0 aromatic heterocycles. The molecular weight excluding hydrogens is 450 g/mol. The van der Waals surface area contributed by atoms with E-state index < -0.39 is 16.5 Å². The Labute approximate surface area is 206 Å². The molecule has 0 saturated carbocycles. The van der Waals surface area contributed by atoms with Gasteiger partial charge in [-0.2, -0.15) is 0 Å². The number of carbonyl (C=O) groups is 3. The quantitative estimate of drug-likeness (QED) is 0.340. The van der Waals surface area contributed by atoms with E-state index in [2.05, 4.69) is 37.8 Å². The normalized spacial score (nSPS) is 21.0. The molecule has 0 radical (unpaired) electrons. The van der Waals surface area contributed by atoms with Crippen molar-refractivity contribution in [2.24, 2.45) is 5.41 Å². The number of allylic oxidation sites excluding steroid dienone is 4. The number of hydrogen-bond donors (Lipinski definition) is 0. The van der Waals surface area contributed by atoms with Gasteiger partial charge in [0.05, 0.1) is 17.3 Å². The second-order valence-electron chi connectivity index (χ2n) is 7.94. The van der Waals surface area contributed by atoms with Gasteiger partial charge in [0.2, 0.25) is 5.91 Å². The van der Waals surface area contributed by atoms with E-state index in [1.54, 1.807) is 0 Å². The lowest BCUT2D eigenvalue weighted by molar-refractivity contribution is -0.147. The van der Waals surface area contributed by atoms with Crippen LogP contribution in [0.15, 0.2) is 48.1 Å². The van der Waals surface area contributed by atoms with Crippen molar-refractivity contribution in [3.05, 3.63) is 53.6 Å². The standard InChI is InChI=1S/C25H27NO5S.C2H6/c1-4-19-6-5-12-25(3,13-11-19)14-15-30-21-9-7-20(8-10-21)16-22-23(28)26(24(29)32-22)17-31-18(2)27;1-2/h6-11,13,22H,4,14-17H2,1-3H3;1-2H3. The summed E-state index contributed by atoms with van der Waals surface area (Å²) in [5.41, 5.74) is 1.93. The van der Waals surface area contributed by atoms with Crippen molar-refractivity contribution in [1.29, 1.82) is 0 Å². The zero-order valence-corrected chi connectivity index (χ0v) is 21.4. The summed E-state index contributed by atoms with van der Waals surface area (Å²) in [6.45, 7) is 9.66. The Morgan fingerprint density at radius 2 is 1.91 bits per heavy atom. The maximum Gasteiger partial charge on any atom is 0.304 e. The molecule has 1 aromatic carbocycles. The minimum atomic E-state index is -0.534. The van der Waals surface area contributed by atoms with Gasteiger partial charge in [-0.1, -0.05) is 68.7 Å². The molecule has 2 amide bonds. The predicted octanol–water partition coefficient (Wildman–Crippen LogP) is 5.52. The Balaban J connectivity index is 0.00000199. The van der Waals surface area contributed by atoms with E-state index >= 15 is 0 Å². The summed E-state index contributed by atoms with van der Waals surface area (Å²) in [6, 6.07) is 7.52. The van der Waals surface area contributed by atoms with E-state index in [1.807, 2.05) is 44.2 Å². The van der Waals surface area contributed by atoms with Crippen LogP contribution in [-0.2, 0) is 20.7 Å². The van der Waals surface area contributed by atoms with Crippen LogP contribution in [0, 0.1) is 17.3 Å². The number of ether oxygens (including phenoxy) is 2. The number of imide groups is 1. The molecule has 0 spiro atoms. The Morgan fingerprint density at radius 3 is 2.56 bits per heavy atom. The van der Waals surface area contributed by atoms with Gasteiger partial charge in [0.25, 0.3) is 5.24 Å². The highest BCUT2D eigenvalue weighted by molar-refractivity contribution is 8.15. The summed E-state index contributed by atoms with van der Waals surface area (Å²) < 4.78 is 10.7. The van der Waals surface area contributed by atoms with Crippen LogP contribution in [0.1, 0.15) is 53.0 Å². The molecule has 1 fully saturated rings. The zero-order chi connectivity index (χ0) is 25.1. The number of carbonyl (C=O) groups excluding carboxylic acids is 3. The topological polar surface area (TPSA) is 72.9 Å². The van der Waals surface area contributed by atoms with E-state index in [0.717, 1.165) is 40.8 Å². The summed E-state index contributed by atoms with van der Waals surface area (Å²) in [7, 11) is 0. The molecule has 0 bridgehead atoms. The molecule has 2 unspecified atom stereocenters. The van der Waals surface area contributed by atoms with Gasteiger partial charge in [-0.05, 0) is 49.1 Å². The lowest BCUT2D eigenvalue weighted by atomic mass is 9.87. The highest BCUT2D eigenvalue weighted by Gasteiger charge is 2.40. The lowest BCUT2D eigenvalue weighted by Crippen LogP contribution is -2.34. The molecule has 2 aliphatic rings. The third-order valence-electron chi connectivity index (χ3n) is 5.33. The van der Waals surface area contributed by atoms with Crippen LogP contribution >= 0.6 is 11.8 Å². The molecule has 1 heterocycles. The molecule has 2 atom stereocenters. The van der Waals surface area contributed by atoms with Gasteiger partial charge in [-0.25, -0.2) is 4.90 Å². The number of rotatable bonds is 9. The maximum absolute atomic E-state index is 12.4. The van der Waals surface area contributed by atoms with Crippen LogP contribution in [-0.4, -0.2) is 40.6 Å². The number of nitrogens with zero attached hydrogens (tertiary/aromatic N) is 1. The van der Waals surface area contributed by atoms with Crippen LogP contribution in [0.25, 0.3) is 0 Å². The Bertz CT molecular complexity index is 1000. The number of thioether (sulfide) groups is 1. The molecular formula is C27H33NO5S. The van der Waals surface area contributed by atoms with Crippen molar-refractivity contribution < 1.29 is 23.9 Å². The Hall–Kier alpha value is -2.98. The number of hydrogen-bond acceptors (Lipinski definition) is 6. The average Bonchev–Trinajstić information content (AvgIpc) is 2.96. The number of benzene rings is 1. The van der Waals surface area contributed by atoms with Crippen LogP contribution in [0.4, 0.5) is 4.79 Å². The molecule has 7 heteroatoms. The number of esters is 1. The smallest absolute Gasteiger partial charge is 0.304 e. The van der Waals surface area contributed by atoms with Gasteiger partial charge in [0.1, 0.15) is 5.75 Å². The minimum absolute atomic E-state index is 0.224. The first kappa shape index (κ1) is 27.3. The molecule has 1 aliphatic heterocycles. The molecule has 182 valence electrons. The van der Waals surface area contributed by atoms with Gasteiger partial charge in [-0.15, -0.1) is 0 Å². The van der Waals surface area contributed by atoms with Crippen molar-refractivity contribution in [3.8, 4) is 17.6 Å². The Kier molecular flexibility index (Phi) is 10.5. The highest BCUT2D eigenvalue weighted by Crippen LogP contribution is 2.30. The molecule has 1 aliphatic carbocycles. The second-order valence-corrected chi connectivity index (χ2v) is 9.10. The van der Waals surface area contributed by atoms with Gasteiger partial charge < -0.3 is 9.47 Å². The lowest BCUT2D eigenvalue weighted by Gasteiger charge is -2.19. The molecule has 3 rings (SSSR count). The van der Waals surface area contributed by atoms with Crippen LogP contribution in [0.3, 0.4) is 0 Å². The first-order valence-electron chi connectivity index (χ1n) is 11.6. The monoisotopic (exact) mass is 483 g/mol. The SMILES string of the molecule is CC.CCC1=CC#CC(C)(CCOc2ccc(CC3SC(=O)N(COC(C)=O)C3=O)cc2)C=C1. The van der Waals surface area contributed by atoms with E-state index in [1.165, 1.54) is 12.5 Å². The zero-order valence-electron chi connectivity index (χ0n) is 20.6. The van der Waals surface area contributed by atoms with Crippen molar-refractivity contribution in [1.82, 2.24) is 4.90 Å². The summed E-state index contributed by atoms with van der Waals surface area (Å²) in [4.78, 5) is 36.4. The molecule has 1 aromatic rings. The van der Waals surface area contributed by atoms with E-state index in [-0.39, 0.29) is 18.1 Å². The molecule has 1 saturated heterocycles. The minimum Gasteiger partial charge on any atom is -0.494 e. The molecule has 0 N–H and O–H groups in total. The summed E-state index contributed by atoms with van der Waals surface area (Å²) in [5.74, 6) is 6.31. The van der Waals surface area contributed by atoms with Crippen molar-refractivity contribution in [2.45, 2.75) is 59.1 Å². The van der Waals surface area contributed by atoms with Crippen LogP contribution < -0.4 is 4.74 Å². The van der Waals surface area contributed by atoms with E-state index in [4.69, 9.17) is 9.47 Å². The third-order valence-corrected chi connectivity index (χ3v) is 6.40. The first-order valence-corrected chi connectivity index (χ1v) is 12.5. The molecule has 6 nitrogen and oxygen atoms in total. The van der Waals surface area contributed by atoms with Crippen molar-refractivity contribution in [2.75, 3.05) is 13.3 Å². The van der Waals surface area contributed by atoms with Crippen molar-refractivity contribution in [3.63, 3.8) is 0 Å². The van der Waals surface area contributed by atoms with Crippen molar-refractivity contribution >= 4 is 28.9 Å². The summed E-state index contributed by atoms with van der Waals surface area (Å²) >= 11 is 0.956. The highest BCUT2D eigenvalue weighted by atomic mass is 32.2. The fourth-order valence-electron chi connectivity index (χ4n) is 3.26. The van der Waals surface area contributed by atoms with Crippen LogP contribution in [0.5, 0.6) is 5.75 Å². The van der Waals surface area contributed by atoms with Gasteiger partial charge in [0, 0.05) is 13.3 Å². The maximum atomic E-state index is 12.4. The van der Waals surface area contributed by atoms with Crippen LogP contribution in [0.2, 0.25) is 0 Å². The van der Waals surface area contributed by atoms with Gasteiger partial charge in [-0.3, -0.25) is 14.4 Å². The van der Waals surface area contributed by atoms with E-state index in [0.29, 0.717) is 13.0 Å². The largest absolute Gasteiger partial charge is 0.494 e. The predicted molar refractivity (Wildman–Crippen MR) is 135 cm³/mol. The average molecular weight is 484 g/mol. The third kappa shape index (κ3) is 7.81. The van der Waals surface area contributed by atoms with E-state index in [9.17, 15) is 14.4 Å². The fourth-order valence-corrected chi connectivity index (χ4v) is 4.27. The van der Waals surface area contributed by atoms with Gasteiger partial charge in [0.15, 0.2) is 6.73 Å². The first-order chi connectivity index (χ1) is 16.3. The van der Waals surface area contributed by atoms with Gasteiger partial charge >= 0.3 is 5.97 Å². The molecule has 34 heavy (non-hydrogen) atoms. The fraction of sp³-hybridized carbons (Fsp3) is 0.444. The Morgan fingerprint density at radius 1 is 1.21 bits per heavy atom.